The monoisotopic (exact) mass is 202 g/mol. The third-order valence-electron chi connectivity index (χ3n) is 1.86. The molecule has 0 amide bonds. The Morgan fingerprint density at radius 3 is 2.80 bits per heavy atom. The number of hydrogen-bond donors (Lipinski definition) is 1. The van der Waals surface area contributed by atoms with Gasteiger partial charge in [0.05, 0.1) is 12.0 Å². The van der Waals surface area contributed by atoms with E-state index in [2.05, 4.69) is 9.97 Å². The van der Waals surface area contributed by atoms with Crippen LogP contribution in [0.4, 0.5) is 0 Å². The number of ether oxygens (including phenoxy) is 1. The Labute approximate surface area is 86.6 Å². The van der Waals surface area contributed by atoms with Crippen LogP contribution in [0.15, 0.2) is 47.5 Å². The summed E-state index contributed by atoms with van der Waals surface area (Å²) in [6, 6.07) is 10.8. The van der Waals surface area contributed by atoms with Gasteiger partial charge in [-0.05, 0) is 12.1 Å². The minimum Gasteiger partial charge on any atom is -0.487 e. The number of benzene rings is 1. The molecule has 2 rings (SSSR count). The summed E-state index contributed by atoms with van der Waals surface area (Å²) < 4.78 is 5.43. The van der Waals surface area contributed by atoms with E-state index in [9.17, 15) is 4.79 Å². The van der Waals surface area contributed by atoms with Gasteiger partial charge in [-0.2, -0.15) is 0 Å². The van der Waals surface area contributed by atoms with Crippen LogP contribution in [0.1, 0.15) is 5.69 Å². The molecule has 4 heteroatoms. The Balaban J connectivity index is 2.02. The highest BCUT2D eigenvalue weighted by Gasteiger charge is 1.96. The maximum atomic E-state index is 11.0. The molecule has 0 fully saturated rings. The highest BCUT2D eigenvalue weighted by Crippen LogP contribution is 2.09. The minimum absolute atomic E-state index is 0.170. The molecule has 4 nitrogen and oxygen atoms in total. The van der Waals surface area contributed by atoms with Gasteiger partial charge >= 0.3 is 0 Å². The molecule has 0 radical (unpaired) electrons. The molecule has 76 valence electrons. The van der Waals surface area contributed by atoms with Crippen LogP contribution in [-0.2, 0) is 6.61 Å². The number of aromatic amines is 1. The Morgan fingerprint density at radius 1 is 1.27 bits per heavy atom. The van der Waals surface area contributed by atoms with Gasteiger partial charge in [0.1, 0.15) is 12.4 Å². The molecule has 0 unspecified atom stereocenters. The molecule has 15 heavy (non-hydrogen) atoms. The Kier molecular flexibility index (Phi) is 2.78. The number of aromatic nitrogens is 2. The van der Waals surface area contributed by atoms with Crippen molar-refractivity contribution in [3.63, 3.8) is 0 Å². The minimum atomic E-state index is -0.170. The van der Waals surface area contributed by atoms with Gasteiger partial charge in [0.15, 0.2) is 0 Å². The van der Waals surface area contributed by atoms with Crippen LogP contribution in [-0.4, -0.2) is 9.97 Å². The van der Waals surface area contributed by atoms with Crippen molar-refractivity contribution in [2.24, 2.45) is 0 Å². The third-order valence-corrected chi connectivity index (χ3v) is 1.86. The van der Waals surface area contributed by atoms with E-state index in [-0.39, 0.29) is 5.56 Å². The van der Waals surface area contributed by atoms with E-state index >= 15 is 0 Å². The summed E-state index contributed by atoms with van der Waals surface area (Å²) in [5.41, 5.74) is 0.444. The van der Waals surface area contributed by atoms with Crippen molar-refractivity contribution in [3.05, 3.63) is 58.8 Å². The van der Waals surface area contributed by atoms with E-state index in [0.29, 0.717) is 12.3 Å². The van der Waals surface area contributed by atoms with Gasteiger partial charge in [-0.3, -0.25) is 4.79 Å². The maximum Gasteiger partial charge on any atom is 0.251 e. The second kappa shape index (κ2) is 4.41. The summed E-state index contributed by atoms with van der Waals surface area (Å²) in [6.45, 7) is 0.300. The predicted octanol–water partition coefficient (Wildman–Crippen LogP) is 1.35. The van der Waals surface area contributed by atoms with E-state index in [1.165, 1.54) is 12.4 Å². The lowest BCUT2D eigenvalue weighted by Gasteiger charge is -2.04. The lowest BCUT2D eigenvalue weighted by molar-refractivity contribution is 0.301. The summed E-state index contributed by atoms with van der Waals surface area (Å²) >= 11 is 0. The molecule has 0 aliphatic heterocycles. The lowest BCUT2D eigenvalue weighted by atomic mass is 10.3. The number of nitrogens with zero attached hydrogens (tertiary/aromatic N) is 1. The molecule has 0 spiro atoms. The SMILES string of the molecule is O=c1cc(COc2ccccc2)nc[nH]1. The lowest BCUT2D eigenvalue weighted by Crippen LogP contribution is -2.08. The Hall–Kier alpha value is -2.10. The molecule has 1 heterocycles. The van der Waals surface area contributed by atoms with Crippen molar-refractivity contribution in [2.45, 2.75) is 6.61 Å². The van der Waals surface area contributed by atoms with Crippen molar-refractivity contribution in [3.8, 4) is 5.75 Å². The van der Waals surface area contributed by atoms with Gasteiger partial charge in [0.25, 0.3) is 5.56 Å². The average molecular weight is 202 g/mol. The zero-order valence-corrected chi connectivity index (χ0v) is 8.01. The molecule has 1 N–H and O–H groups in total. The van der Waals surface area contributed by atoms with Crippen molar-refractivity contribution in [1.29, 1.82) is 0 Å². The first-order valence-electron chi connectivity index (χ1n) is 4.56. The van der Waals surface area contributed by atoms with Crippen molar-refractivity contribution in [2.75, 3.05) is 0 Å². The van der Waals surface area contributed by atoms with Crippen LogP contribution >= 0.6 is 0 Å². The fourth-order valence-electron chi connectivity index (χ4n) is 1.16. The van der Waals surface area contributed by atoms with Crippen LogP contribution in [0, 0.1) is 0 Å². The molecular weight excluding hydrogens is 192 g/mol. The number of para-hydroxylation sites is 1. The first-order chi connectivity index (χ1) is 7.34. The summed E-state index contributed by atoms with van der Waals surface area (Å²) in [6.07, 6.45) is 1.37. The first kappa shape index (κ1) is 9.45. The highest BCUT2D eigenvalue weighted by molar-refractivity contribution is 5.21. The standard InChI is InChI=1S/C11H10N2O2/c14-11-6-9(12-8-13-11)7-15-10-4-2-1-3-5-10/h1-6,8H,7H2,(H,12,13,14). The molecule has 0 aliphatic rings. The van der Waals surface area contributed by atoms with Crippen LogP contribution in [0.5, 0.6) is 5.75 Å². The fourth-order valence-corrected chi connectivity index (χ4v) is 1.16. The summed E-state index contributed by atoms with van der Waals surface area (Å²) in [7, 11) is 0. The summed E-state index contributed by atoms with van der Waals surface area (Å²) in [5.74, 6) is 0.764. The molecular formula is C11H10N2O2. The molecule has 2 aromatic rings. The molecule has 1 aromatic heterocycles. The van der Waals surface area contributed by atoms with Crippen molar-refractivity contribution < 1.29 is 4.74 Å². The second-order valence-corrected chi connectivity index (χ2v) is 3.00. The van der Waals surface area contributed by atoms with Gasteiger partial charge in [-0.1, -0.05) is 18.2 Å². The molecule has 0 saturated heterocycles. The van der Waals surface area contributed by atoms with E-state index in [4.69, 9.17) is 4.74 Å². The highest BCUT2D eigenvalue weighted by atomic mass is 16.5. The molecule has 0 aliphatic carbocycles. The van der Waals surface area contributed by atoms with E-state index in [0.717, 1.165) is 5.75 Å². The summed E-state index contributed by atoms with van der Waals surface area (Å²) in [4.78, 5) is 17.4. The maximum absolute atomic E-state index is 11.0. The van der Waals surface area contributed by atoms with Crippen LogP contribution in [0.3, 0.4) is 0 Å². The number of nitrogens with one attached hydrogen (secondary N) is 1. The largest absolute Gasteiger partial charge is 0.487 e. The van der Waals surface area contributed by atoms with Gasteiger partial charge in [0, 0.05) is 6.07 Å². The molecule has 1 aromatic carbocycles. The summed E-state index contributed by atoms with van der Waals surface area (Å²) in [5, 5.41) is 0. The van der Waals surface area contributed by atoms with Crippen molar-refractivity contribution in [1.82, 2.24) is 9.97 Å². The molecule has 0 atom stereocenters. The normalized spacial score (nSPS) is 9.87. The van der Waals surface area contributed by atoms with Gasteiger partial charge in [-0.15, -0.1) is 0 Å². The fraction of sp³-hybridized carbons (Fsp3) is 0.0909. The van der Waals surface area contributed by atoms with E-state index in [1.807, 2.05) is 30.3 Å². The molecule has 0 bridgehead atoms. The van der Waals surface area contributed by atoms with Crippen LogP contribution < -0.4 is 10.3 Å². The van der Waals surface area contributed by atoms with E-state index < -0.39 is 0 Å². The Morgan fingerprint density at radius 2 is 2.07 bits per heavy atom. The Bertz CT molecular complexity index is 479. The van der Waals surface area contributed by atoms with Crippen molar-refractivity contribution >= 4 is 0 Å². The van der Waals surface area contributed by atoms with E-state index in [1.54, 1.807) is 0 Å². The van der Waals surface area contributed by atoms with Gasteiger partial charge < -0.3 is 9.72 Å². The zero-order valence-electron chi connectivity index (χ0n) is 8.01. The van der Waals surface area contributed by atoms with Crippen LogP contribution in [0.2, 0.25) is 0 Å². The van der Waals surface area contributed by atoms with Crippen LogP contribution in [0.25, 0.3) is 0 Å². The smallest absolute Gasteiger partial charge is 0.251 e. The topological polar surface area (TPSA) is 55.0 Å². The van der Waals surface area contributed by atoms with Gasteiger partial charge in [-0.25, -0.2) is 4.98 Å². The first-order valence-corrected chi connectivity index (χ1v) is 4.56. The number of rotatable bonds is 3. The van der Waals surface area contributed by atoms with Gasteiger partial charge in [0.2, 0.25) is 0 Å². The molecule has 0 saturated carbocycles. The average Bonchev–Trinajstić information content (AvgIpc) is 2.28. The predicted molar refractivity (Wildman–Crippen MR) is 55.6 cm³/mol. The quantitative estimate of drug-likeness (QED) is 0.817. The third kappa shape index (κ3) is 2.67. The zero-order chi connectivity index (χ0) is 10.5. The second-order valence-electron chi connectivity index (χ2n) is 3.00. The number of H-pyrrole nitrogens is 1. The number of hydrogen-bond acceptors (Lipinski definition) is 3.